The molecule has 0 aliphatic rings. The fourth-order valence-electron chi connectivity index (χ4n) is 3.37. The lowest BCUT2D eigenvalue weighted by atomic mass is 10.1. The molecule has 2 aromatic carbocycles. The second-order valence-corrected chi connectivity index (χ2v) is 7.41. The second kappa shape index (κ2) is 9.04. The fourth-order valence-corrected chi connectivity index (χ4v) is 3.37. The van der Waals surface area contributed by atoms with Gasteiger partial charge < -0.3 is 20.2 Å². The summed E-state index contributed by atoms with van der Waals surface area (Å²) in [6.07, 6.45) is 3.07. The van der Waals surface area contributed by atoms with E-state index in [2.05, 4.69) is 46.2 Å². The van der Waals surface area contributed by atoms with Gasteiger partial charge in [0.25, 0.3) is 0 Å². The summed E-state index contributed by atoms with van der Waals surface area (Å²) in [6, 6.07) is 14.0. The van der Waals surface area contributed by atoms with Gasteiger partial charge in [0.2, 0.25) is 17.7 Å². The van der Waals surface area contributed by atoms with Crippen molar-refractivity contribution in [2.45, 2.75) is 40.0 Å². The number of nitrogen functional groups attached to an aromatic ring is 1. The number of ether oxygens (including phenoxy) is 1. The van der Waals surface area contributed by atoms with Crippen molar-refractivity contribution in [3.63, 3.8) is 0 Å². The van der Waals surface area contributed by atoms with E-state index in [9.17, 15) is 0 Å². The molecule has 0 saturated heterocycles. The summed E-state index contributed by atoms with van der Waals surface area (Å²) >= 11 is 0. The molecular formula is C24H27N5O2. The molecule has 31 heavy (non-hydrogen) atoms. The highest BCUT2D eigenvalue weighted by atomic mass is 16.5. The van der Waals surface area contributed by atoms with Crippen molar-refractivity contribution < 1.29 is 9.15 Å². The standard InChI is InChI=1S/C24H27N5O2/c1-4-6-13-30-18-11-12-19-15(3)31-21(20(19)14-18)22-27-23(25)29-24(28-22)26-17-9-7-16(5-2)8-10-17/h7-12,14H,4-6,13H2,1-3H3,(H3,25,26,27,28,29). The van der Waals surface area contributed by atoms with Gasteiger partial charge in [-0.1, -0.05) is 32.4 Å². The number of nitrogens with zero attached hydrogens (tertiary/aromatic N) is 3. The maximum Gasteiger partial charge on any atom is 0.232 e. The van der Waals surface area contributed by atoms with E-state index in [0.717, 1.165) is 47.2 Å². The molecule has 0 atom stereocenters. The first-order chi connectivity index (χ1) is 15.1. The van der Waals surface area contributed by atoms with Gasteiger partial charge in [-0.3, -0.25) is 0 Å². The summed E-state index contributed by atoms with van der Waals surface area (Å²) in [6.45, 7) is 6.86. The van der Waals surface area contributed by atoms with Crippen molar-refractivity contribution in [3.05, 3.63) is 53.8 Å². The summed E-state index contributed by atoms with van der Waals surface area (Å²) in [5, 5.41) is 5.07. The van der Waals surface area contributed by atoms with Crippen LogP contribution in [0.1, 0.15) is 38.0 Å². The highest BCUT2D eigenvalue weighted by Gasteiger charge is 2.18. The maximum atomic E-state index is 6.03. The maximum absolute atomic E-state index is 6.03. The van der Waals surface area contributed by atoms with E-state index in [4.69, 9.17) is 14.9 Å². The molecule has 4 rings (SSSR count). The van der Waals surface area contributed by atoms with Crippen LogP contribution in [0.15, 0.2) is 46.9 Å². The molecule has 0 unspecified atom stereocenters. The van der Waals surface area contributed by atoms with Crippen LogP contribution in [0.5, 0.6) is 5.75 Å². The Morgan fingerprint density at radius 2 is 1.81 bits per heavy atom. The smallest absolute Gasteiger partial charge is 0.232 e. The average molecular weight is 418 g/mol. The molecule has 0 radical (unpaired) electrons. The first kappa shape index (κ1) is 20.7. The Morgan fingerprint density at radius 1 is 1.00 bits per heavy atom. The molecule has 7 heteroatoms. The number of fused-ring (bicyclic) bond motifs is 1. The van der Waals surface area contributed by atoms with Gasteiger partial charge in [-0.25, -0.2) is 0 Å². The van der Waals surface area contributed by atoms with Crippen LogP contribution >= 0.6 is 0 Å². The largest absolute Gasteiger partial charge is 0.494 e. The molecule has 3 N–H and O–H groups in total. The van der Waals surface area contributed by atoms with Crippen molar-refractivity contribution in [2.75, 3.05) is 17.7 Å². The van der Waals surface area contributed by atoms with Crippen LogP contribution in [0.3, 0.4) is 0 Å². The van der Waals surface area contributed by atoms with Crippen LogP contribution in [-0.2, 0) is 6.42 Å². The number of furan rings is 1. The number of nitrogens with two attached hydrogens (primary N) is 1. The Kier molecular flexibility index (Phi) is 6.02. The van der Waals surface area contributed by atoms with Crippen LogP contribution in [0.4, 0.5) is 17.6 Å². The molecule has 160 valence electrons. The Labute approximate surface area is 181 Å². The van der Waals surface area contributed by atoms with E-state index in [0.29, 0.717) is 24.1 Å². The Morgan fingerprint density at radius 3 is 2.55 bits per heavy atom. The van der Waals surface area contributed by atoms with Gasteiger partial charge in [0.1, 0.15) is 11.5 Å². The summed E-state index contributed by atoms with van der Waals surface area (Å²) in [4.78, 5) is 13.1. The van der Waals surface area contributed by atoms with E-state index in [1.165, 1.54) is 5.56 Å². The zero-order valence-corrected chi connectivity index (χ0v) is 18.1. The Hall–Kier alpha value is -3.61. The number of unbranched alkanes of at least 4 members (excludes halogenated alkanes) is 1. The van der Waals surface area contributed by atoms with Gasteiger partial charge in [-0.15, -0.1) is 0 Å². The van der Waals surface area contributed by atoms with E-state index >= 15 is 0 Å². The van der Waals surface area contributed by atoms with E-state index in [1.807, 2.05) is 37.3 Å². The monoisotopic (exact) mass is 417 g/mol. The summed E-state index contributed by atoms with van der Waals surface area (Å²) in [5.41, 5.74) is 8.13. The SMILES string of the molecule is CCCCOc1ccc2c(C)oc(-c3nc(N)nc(Nc4ccc(CC)cc4)n3)c2c1. The molecule has 7 nitrogen and oxygen atoms in total. The number of benzene rings is 2. The van der Waals surface area contributed by atoms with Gasteiger partial charge in [-0.05, 0) is 55.7 Å². The summed E-state index contributed by atoms with van der Waals surface area (Å²) in [7, 11) is 0. The molecule has 0 spiro atoms. The van der Waals surface area contributed by atoms with Crippen molar-refractivity contribution in [2.24, 2.45) is 0 Å². The van der Waals surface area contributed by atoms with E-state index < -0.39 is 0 Å². The molecule has 0 aliphatic carbocycles. The van der Waals surface area contributed by atoms with Crippen LogP contribution < -0.4 is 15.8 Å². The molecule has 0 amide bonds. The highest BCUT2D eigenvalue weighted by molar-refractivity contribution is 5.95. The number of hydrogen-bond donors (Lipinski definition) is 2. The van der Waals surface area contributed by atoms with Crippen molar-refractivity contribution in [1.29, 1.82) is 0 Å². The first-order valence-electron chi connectivity index (χ1n) is 10.6. The minimum absolute atomic E-state index is 0.121. The molecule has 0 fully saturated rings. The third-order valence-electron chi connectivity index (χ3n) is 5.11. The minimum Gasteiger partial charge on any atom is -0.494 e. The van der Waals surface area contributed by atoms with Crippen molar-refractivity contribution in [3.8, 4) is 17.3 Å². The van der Waals surface area contributed by atoms with Gasteiger partial charge in [-0.2, -0.15) is 15.0 Å². The third kappa shape index (κ3) is 4.60. The lowest BCUT2D eigenvalue weighted by Gasteiger charge is -2.08. The number of hydrogen-bond acceptors (Lipinski definition) is 7. The number of nitrogens with one attached hydrogen (secondary N) is 1. The van der Waals surface area contributed by atoms with E-state index in [-0.39, 0.29) is 5.95 Å². The molecule has 0 bridgehead atoms. The van der Waals surface area contributed by atoms with Crippen LogP contribution in [-0.4, -0.2) is 21.6 Å². The molecule has 2 aromatic heterocycles. The van der Waals surface area contributed by atoms with Crippen LogP contribution in [0.2, 0.25) is 0 Å². The second-order valence-electron chi connectivity index (χ2n) is 7.41. The lowest BCUT2D eigenvalue weighted by molar-refractivity contribution is 0.310. The predicted octanol–water partition coefficient (Wildman–Crippen LogP) is 5.66. The Bertz CT molecular complexity index is 1180. The lowest BCUT2D eigenvalue weighted by Crippen LogP contribution is -2.05. The zero-order valence-electron chi connectivity index (χ0n) is 18.1. The molecule has 4 aromatic rings. The molecular weight excluding hydrogens is 390 g/mol. The number of aromatic nitrogens is 3. The van der Waals surface area contributed by atoms with Crippen molar-refractivity contribution in [1.82, 2.24) is 15.0 Å². The summed E-state index contributed by atoms with van der Waals surface area (Å²) in [5.74, 6) is 2.99. The van der Waals surface area contributed by atoms with Gasteiger partial charge in [0, 0.05) is 16.5 Å². The quantitative estimate of drug-likeness (QED) is 0.357. The Balaban J connectivity index is 1.68. The highest BCUT2D eigenvalue weighted by Crippen LogP contribution is 2.35. The van der Waals surface area contributed by atoms with Crippen LogP contribution in [0, 0.1) is 6.92 Å². The van der Waals surface area contributed by atoms with Gasteiger partial charge >= 0.3 is 0 Å². The van der Waals surface area contributed by atoms with E-state index in [1.54, 1.807) is 0 Å². The summed E-state index contributed by atoms with van der Waals surface area (Å²) < 4.78 is 11.9. The number of anilines is 3. The first-order valence-corrected chi connectivity index (χ1v) is 10.6. The number of rotatable bonds is 8. The predicted molar refractivity (Wildman–Crippen MR) is 124 cm³/mol. The number of aryl methyl sites for hydroxylation is 2. The molecule has 2 heterocycles. The normalized spacial score (nSPS) is 11.1. The van der Waals surface area contributed by atoms with Crippen molar-refractivity contribution >= 4 is 28.4 Å². The molecule has 0 aliphatic heterocycles. The van der Waals surface area contributed by atoms with Gasteiger partial charge in [0.15, 0.2) is 5.76 Å². The topological polar surface area (TPSA) is 99.1 Å². The van der Waals surface area contributed by atoms with Gasteiger partial charge in [0.05, 0.1) is 6.61 Å². The zero-order chi connectivity index (χ0) is 21.8. The average Bonchev–Trinajstić information content (AvgIpc) is 3.10. The molecule has 0 saturated carbocycles. The third-order valence-corrected chi connectivity index (χ3v) is 5.11. The minimum atomic E-state index is 0.121. The fraction of sp³-hybridized carbons (Fsp3) is 0.292. The van der Waals surface area contributed by atoms with Crippen LogP contribution in [0.25, 0.3) is 22.4 Å².